The largest absolute Gasteiger partial charge is 0.383 e. The minimum Gasteiger partial charge on any atom is -0.383 e. The van der Waals surface area contributed by atoms with Crippen molar-refractivity contribution in [2.75, 3.05) is 0 Å². The van der Waals surface area contributed by atoms with Crippen LogP contribution < -0.4 is 0 Å². The van der Waals surface area contributed by atoms with Crippen molar-refractivity contribution in [3.63, 3.8) is 0 Å². The molecule has 5 heteroatoms. The molecule has 0 spiro atoms. The van der Waals surface area contributed by atoms with E-state index in [1.807, 2.05) is 24.3 Å². The number of benzene rings is 2. The summed E-state index contributed by atoms with van der Waals surface area (Å²) in [5, 5.41) is 16.5. The summed E-state index contributed by atoms with van der Waals surface area (Å²) in [6.45, 7) is 4.64. The third-order valence-electron chi connectivity index (χ3n) is 5.96. The van der Waals surface area contributed by atoms with Crippen LogP contribution in [0.2, 0.25) is 5.02 Å². The minimum absolute atomic E-state index is 0.234. The molecule has 28 heavy (non-hydrogen) atoms. The van der Waals surface area contributed by atoms with Crippen molar-refractivity contribution in [2.45, 2.75) is 38.8 Å². The second kappa shape index (κ2) is 7.19. The Balaban J connectivity index is 1.65. The fourth-order valence-corrected chi connectivity index (χ4v) is 4.25. The van der Waals surface area contributed by atoms with Crippen molar-refractivity contribution in [2.24, 2.45) is 5.41 Å². The summed E-state index contributed by atoms with van der Waals surface area (Å²) in [6.07, 6.45) is 7.07. The minimum atomic E-state index is -0.956. The molecule has 4 rings (SSSR count). The predicted octanol–water partition coefficient (Wildman–Crippen LogP) is 5.23. The molecule has 1 aliphatic carbocycles. The van der Waals surface area contributed by atoms with Gasteiger partial charge in [0.2, 0.25) is 0 Å². The maximum Gasteiger partial charge on any atom is 0.137 e. The number of rotatable bonds is 4. The normalized spacial score (nSPS) is 22.6. The Hall–Kier alpha value is -2.43. The topological polar surface area (TPSA) is 50.9 Å². The summed E-state index contributed by atoms with van der Waals surface area (Å²) in [5.74, 6) is 0. The van der Waals surface area contributed by atoms with Gasteiger partial charge in [-0.1, -0.05) is 74.0 Å². The number of hydrogen-bond acceptors (Lipinski definition) is 3. The van der Waals surface area contributed by atoms with Gasteiger partial charge in [-0.05, 0) is 41.0 Å². The zero-order valence-electron chi connectivity index (χ0n) is 16.1. The lowest BCUT2D eigenvalue weighted by Gasteiger charge is -2.37. The molecule has 3 aromatic rings. The van der Waals surface area contributed by atoms with Gasteiger partial charge < -0.3 is 5.11 Å². The van der Waals surface area contributed by atoms with Crippen molar-refractivity contribution in [3.8, 4) is 11.1 Å². The number of aliphatic hydroxyl groups is 1. The van der Waals surface area contributed by atoms with E-state index < -0.39 is 5.60 Å². The van der Waals surface area contributed by atoms with Crippen LogP contribution in [0.1, 0.15) is 32.3 Å². The number of halogens is 1. The SMILES string of the molecule is CC1(C)CC/C(=C/c2ccc(-c3ccccc3Cl)cc2)C1(O)Cn1cncn1. The van der Waals surface area contributed by atoms with Gasteiger partial charge in [-0.3, -0.25) is 0 Å². The molecule has 1 unspecified atom stereocenters. The van der Waals surface area contributed by atoms with E-state index >= 15 is 0 Å². The Morgan fingerprint density at radius 1 is 1.14 bits per heavy atom. The lowest BCUT2D eigenvalue weighted by atomic mass is 9.76. The van der Waals surface area contributed by atoms with E-state index in [9.17, 15) is 5.11 Å². The van der Waals surface area contributed by atoms with Gasteiger partial charge in [0, 0.05) is 10.6 Å². The van der Waals surface area contributed by atoms with Gasteiger partial charge in [-0.2, -0.15) is 5.10 Å². The van der Waals surface area contributed by atoms with Crippen LogP contribution in [0.5, 0.6) is 0 Å². The molecule has 1 N–H and O–H groups in total. The molecule has 0 radical (unpaired) electrons. The standard InChI is InChI=1S/C23H24ClN3O/c1-22(2)12-11-19(23(22,28)14-27-16-25-15-26-27)13-17-7-9-18(10-8-17)20-5-3-4-6-21(20)24/h3-10,13,15-16,28H,11-12,14H2,1-2H3/b19-13-. The highest BCUT2D eigenvalue weighted by molar-refractivity contribution is 6.33. The van der Waals surface area contributed by atoms with E-state index in [4.69, 9.17) is 11.6 Å². The van der Waals surface area contributed by atoms with E-state index in [1.165, 1.54) is 6.33 Å². The Morgan fingerprint density at radius 3 is 2.57 bits per heavy atom. The molecule has 1 aliphatic rings. The highest BCUT2D eigenvalue weighted by Gasteiger charge is 2.51. The summed E-state index contributed by atoms with van der Waals surface area (Å²) in [7, 11) is 0. The van der Waals surface area contributed by atoms with Crippen LogP contribution in [0.25, 0.3) is 17.2 Å². The lowest BCUT2D eigenvalue weighted by Crippen LogP contribution is -2.45. The summed E-state index contributed by atoms with van der Waals surface area (Å²) in [5.41, 5.74) is 3.02. The van der Waals surface area contributed by atoms with Crippen molar-refractivity contribution in [3.05, 3.63) is 77.3 Å². The van der Waals surface area contributed by atoms with Crippen LogP contribution in [0.3, 0.4) is 0 Å². The summed E-state index contributed by atoms with van der Waals surface area (Å²) < 4.78 is 1.71. The highest BCUT2D eigenvalue weighted by atomic mass is 35.5. The average molecular weight is 394 g/mol. The first-order chi connectivity index (χ1) is 13.4. The van der Waals surface area contributed by atoms with Gasteiger partial charge in [0.1, 0.15) is 18.3 Å². The Kier molecular flexibility index (Phi) is 4.86. The molecule has 2 aromatic carbocycles. The average Bonchev–Trinajstić information content (AvgIpc) is 3.25. The molecule has 1 aromatic heterocycles. The van der Waals surface area contributed by atoms with Crippen molar-refractivity contribution in [1.82, 2.24) is 14.8 Å². The van der Waals surface area contributed by atoms with Crippen LogP contribution in [0, 0.1) is 5.41 Å². The third kappa shape index (κ3) is 3.38. The molecule has 1 saturated carbocycles. The van der Waals surface area contributed by atoms with Gasteiger partial charge in [-0.15, -0.1) is 0 Å². The number of hydrogen-bond donors (Lipinski definition) is 1. The molecule has 4 nitrogen and oxygen atoms in total. The maximum atomic E-state index is 11.6. The second-order valence-electron chi connectivity index (χ2n) is 8.11. The van der Waals surface area contributed by atoms with Crippen LogP contribution in [-0.2, 0) is 6.54 Å². The van der Waals surface area contributed by atoms with Gasteiger partial charge in [0.15, 0.2) is 0 Å². The summed E-state index contributed by atoms with van der Waals surface area (Å²) in [4.78, 5) is 4.01. The maximum absolute atomic E-state index is 11.6. The van der Waals surface area contributed by atoms with E-state index in [-0.39, 0.29) is 5.41 Å². The Labute approximate surface area is 170 Å². The first-order valence-corrected chi connectivity index (χ1v) is 9.88. The van der Waals surface area contributed by atoms with Crippen molar-refractivity contribution < 1.29 is 5.11 Å². The van der Waals surface area contributed by atoms with Crippen molar-refractivity contribution >= 4 is 17.7 Å². The van der Waals surface area contributed by atoms with Crippen LogP contribution in [-0.4, -0.2) is 25.5 Å². The smallest absolute Gasteiger partial charge is 0.137 e. The third-order valence-corrected chi connectivity index (χ3v) is 6.29. The molecule has 1 atom stereocenters. The zero-order valence-corrected chi connectivity index (χ0v) is 16.9. The Bertz CT molecular complexity index is 993. The van der Waals surface area contributed by atoms with Crippen LogP contribution >= 0.6 is 11.6 Å². The first kappa shape index (κ1) is 18.9. The van der Waals surface area contributed by atoms with Gasteiger partial charge in [0.05, 0.1) is 6.54 Å². The molecule has 1 heterocycles. The lowest BCUT2D eigenvalue weighted by molar-refractivity contribution is -0.0298. The van der Waals surface area contributed by atoms with E-state index in [1.54, 1.807) is 11.0 Å². The highest BCUT2D eigenvalue weighted by Crippen LogP contribution is 2.50. The quantitative estimate of drug-likeness (QED) is 0.660. The zero-order chi connectivity index (χ0) is 19.8. The fraction of sp³-hybridized carbons (Fsp3) is 0.304. The van der Waals surface area contributed by atoms with Crippen LogP contribution in [0.15, 0.2) is 66.8 Å². The van der Waals surface area contributed by atoms with E-state index in [2.05, 4.69) is 54.3 Å². The molecule has 0 amide bonds. The predicted molar refractivity (Wildman–Crippen MR) is 113 cm³/mol. The summed E-state index contributed by atoms with van der Waals surface area (Å²) in [6, 6.07) is 16.1. The first-order valence-electron chi connectivity index (χ1n) is 9.50. The molecule has 144 valence electrons. The van der Waals surface area contributed by atoms with Gasteiger partial charge in [-0.25, -0.2) is 9.67 Å². The van der Waals surface area contributed by atoms with Crippen LogP contribution in [0.4, 0.5) is 0 Å². The molecule has 0 bridgehead atoms. The second-order valence-corrected chi connectivity index (χ2v) is 8.52. The molecular weight excluding hydrogens is 370 g/mol. The number of nitrogens with zero attached hydrogens (tertiary/aromatic N) is 3. The molecule has 1 fully saturated rings. The van der Waals surface area contributed by atoms with E-state index in [0.717, 1.165) is 40.1 Å². The monoisotopic (exact) mass is 393 g/mol. The molecule has 0 aliphatic heterocycles. The Morgan fingerprint density at radius 2 is 1.89 bits per heavy atom. The fourth-order valence-electron chi connectivity index (χ4n) is 4.01. The molecule has 0 saturated heterocycles. The van der Waals surface area contributed by atoms with Gasteiger partial charge in [0.25, 0.3) is 0 Å². The van der Waals surface area contributed by atoms with Gasteiger partial charge >= 0.3 is 0 Å². The summed E-state index contributed by atoms with van der Waals surface area (Å²) >= 11 is 6.31. The van der Waals surface area contributed by atoms with Crippen molar-refractivity contribution in [1.29, 1.82) is 0 Å². The number of aromatic nitrogens is 3. The molecular formula is C23H24ClN3O. The van der Waals surface area contributed by atoms with E-state index in [0.29, 0.717) is 6.54 Å².